The van der Waals surface area contributed by atoms with Gasteiger partial charge in [-0.1, -0.05) is 30.4 Å². The molecule has 2 rings (SSSR count). The van der Waals surface area contributed by atoms with Crippen molar-refractivity contribution in [3.8, 4) is 0 Å². The normalized spacial score (nSPS) is 14.8. The van der Waals surface area contributed by atoms with Gasteiger partial charge in [-0.25, -0.2) is 4.99 Å². The molecule has 5 nitrogen and oxygen atoms in total. The summed E-state index contributed by atoms with van der Waals surface area (Å²) in [6.45, 7) is 7.46. The van der Waals surface area contributed by atoms with E-state index in [1.807, 2.05) is 24.8 Å². The van der Waals surface area contributed by atoms with Crippen LogP contribution in [0.1, 0.15) is 19.8 Å². The Bertz CT molecular complexity index is 630. The number of thioether (sulfide) groups is 1. The van der Waals surface area contributed by atoms with Crippen molar-refractivity contribution in [1.82, 2.24) is 15.5 Å². The van der Waals surface area contributed by atoms with Crippen molar-refractivity contribution in [1.29, 1.82) is 0 Å². The molecule has 1 aliphatic rings. The number of rotatable bonds is 8. The van der Waals surface area contributed by atoms with Gasteiger partial charge in [-0.3, -0.25) is 4.79 Å². The summed E-state index contributed by atoms with van der Waals surface area (Å²) >= 11 is 1.91. The molecule has 0 aliphatic heterocycles. The average molecular weight is 488 g/mol. The van der Waals surface area contributed by atoms with Gasteiger partial charge in [0.1, 0.15) is 6.54 Å². The fourth-order valence-corrected chi connectivity index (χ4v) is 3.38. The largest absolute Gasteiger partial charge is 0.355 e. The monoisotopic (exact) mass is 488 g/mol. The summed E-state index contributed by atoms with van der Waals surface area (Å²) in [7, 11) is 3.48. The number of hydrogen-bond acceptors (Lipinski definition) is 3. The Balaban J connectivity index is 0.00000338. The highest BCUT2D eigenvalue weighted by atomic mass is 127. The van der Waals surface area contributed by atoms with E-state index in [-0.39, 0.29) is 41.2 Å². The maximum Gasteiger partial charge on any atom is 0.243 e. The molecule has 0 atom stereocenters. The zero-order chi connectivity index (χ0) is 18.3. The minimum Gasteiger partial charge on any atom is -0.355 e. The molecule has 0 saturated heterocycles. The maximum absolute atomic E-state index is 11.8. The van der Waals surface area contributed by atoms with Crippen LogP contribution in [0, 0.1) is 0 Å². The van der Waals surface area contributed by atoms with E-state index >= 15 is 0 Å². The van der Waals surface area contributed by atoms with Crippen LogP contribution in [-0.4, -0.2) is 55.2 Å². The molecule has 1 aliphatic carbocycles. The molecule has 1 fully saturated rings. The third-order valence-electron chi connectivity index (χ3n) is 3.89. The van der Waals surface area contributed by atoms with E-state index in [1.54, 1.807) is 19.0 Å². The van der Waals surface area contributed by atoms with Crippen molar-refractivity contribution in [2.45, 2.75) is 29.4 Å². The summed E-state index contributed by atoms with van der Waals surface area (Å²) in [5, 5.41) is 6.64. The quantitative estimate of drug-likeness (QED) is 0.256. The fraction of sp³-hybridized carbons (Fsp3) is 0.474. The standard InChI is InChI=1S/C19H28N4OS.HI/c1-15(2)12-20-18(21-13-17(24)23(3)4)22-14-19(10-11-19)25-16-8-6-5-7-9-16;/h5-9H,1,10-14H2,2-4H3,(H2,20,21,22);1H. The molecule has 0 bridgehead atoms. The lowest BCUT2D eigenvalue weighted by molar-refractivity contribution is -0.127. The third-order valence-corrected chi connectivity index (χ3v) is 5.39. The summed E-state index contributed by atoms with van der Waals surface area (Å²) in [5.41, 5.74) is 1.02. The highest BCUT2D eigenvalue weighted by Crippen LogP contribution is 2.51. The summed E-state index contributed by atoms with van der Waals surface area (Å²) < 4.78 is 0.221. The van der Waals surface area contributed by atoms with E-state index < -0.39 is 0 Å². The van der Waals surface area contributed by atoms with Crippen LogP contribution in [0.4, 0.5) is 0 Å². The molecule has 0 radical (unpaired) electrons. The van der Waals surface area contributed by atoms with Crippen molar-refractivity contribution in [2.75, 3.05) is 33.7 Å². The van der Waals surface area contributed by atoms with E-state index in [1.165, 1.54) is 17.7 Å². The van der Waals surface area contributed by atoms with Gasteiger partial charge in [0.25, 0.3) is 0 Å². The SMILES string of the molecule is C=C(C)CNC(=NCC(=O)N(C)C)NCC1(Sc2ccccc2)CC1.I. The lowest BCUT2D eigenvalue weighted by Gasteiger charge is -2.19. The maximum atomic E-state index is 11.8. The number of nitrogens with one attached hydrogen (secondary N) is 2. The summed E-state index contributed by atoms with van der Waals surface area (Å²) in [6.07, 6.45) is 2.37. The Hall–Kier alpha value is -1.22. The molecule has 26 heavy (non-hydrogen) atoms. The van der Waals surface area contributed by atoms with Gasteiger partial charge in [-0.15, -0.1) is 35.7 Å². The van der Waals surface area contributed by atoms with Gasteiger partial charge in [0, 0.05) is 36.8 Å². The van der Waals surface area contributed by atoms with Gasteiger partial charge in [-0.2, -0.15) is 0 Å². The van der Waals surface area contributed by atoms with Crippen LogP contribution in [0.5, 0.6) is 0 Å². The first-order valence-electron chi connectivity index (χ1n) is 8.51. The van der Waals surface area contributed by atoms with Crippen LogP contribution in [0.15, 0.2) is 52.4 Å². The van der Waals surface area contributed by atoms with E-state index in [0.717, 1.165) is 12.1 Å². The lowest BCUT2D eigenvalue weighted by atomic mass is 10.3. The van der Waals surface area contributed by atoms with Crippen molar-refractivity contribution >= 4 is 47.6 Å². The molecule has 0 heterocycles. The van der Waals surface area contributed by atoms with Crippen molar-refractivity contribution < 1.29 is 4.79 Å². The highest BCUT2D eigenvalue weighted by molar-refractivity contribution is 14.0. The summed E-state index contributed by atoms with van der Waals surface area (Å²) in [6, 6.07) is 10.5. The van der Waals surface area contributed by atoms with Gasteiger partial charge in [0.05, 0.1) is 0 Å². The topological polar surface area (TPSA) is 56.7 Å². The summed E-state index contributed by atoms with van der Waals surface area (Å²) in [5.74, 6) is 0.648. The molecule has 7 heteroatoms. The van der Waals surface area contributed by atoms with Crippen LogP contribution in [0.3, 0.4) is 0 Å². The van der Waals surface area contributed by atoms with E-state index in [4.69, 9.17) is 0 Å². The van der Waals surface area contributed by atoms with Crippen molar-refractivity contribution in [2.24, 2.45) is 4.99 Å². The Kier molecular flexibility index (Phi) is 9.49. The van der Waals surface area contributed by atoms with E-state index in [0.29, 0.717) is 12.5 Å². The first-order chi connectivity index (χ1) is 11.9. The molecule has 1 amide bonds. The number of nitrogens with zero attached hydrogens (tertiary/aromatic N) is 2. The van der Waals surface area contributed by atoms with Crippen LogP contribution >= 0.6 is 35.7 Å². The van der Waals surface area contributed by atoms with Crippen LogP contribution in [-0.2, 0) is 4.79 Å². The van der Waals surface area contributed by atoms with Gasteiger partial charge in [0.15, 0.2) is 5.96 Å². The second-order valence-corrected chi connectivity index (χ2v) is 8.26. The van der Waals surface area contributed by atoms with Gasteiger partial charge in [-0.05, 0) is 31.9 Å². The average Bonchev–Trinajstić information content (AvgIpc) is 3.34. The van der Waals surface area contributed by atoms with Crippen molar-refractivity contribution in [3.63, 3.8) is 0 Å². The van der Waals surface area contributed by atoms with Crippen LogP contribution < -0.4 is 10.6 Å². The number of benzene rings is 1. The molecule has 0 spiro atoms. The zero-order valence-electron chi connectivity index (χ0n) is 15.7. The third kappa shape index (κ3) is 7.99. The summed E-state index contributed by atoms with van der Waals surface area (Å²) in [4.78, 5) is 19.0. The second-order valence-electron chi connectivity index (χ2n) is 6.72. The van der Waals surface area contributed by atoms with Crippen LogP contribution in [0.25, 0.3) is 0 Å². The molecule has 144 valence electrons. The second kappa shape index (κ2) is 10.8. The van der Waals surface area contributed by atoms with E-state index in [9.17, 15) is 4.79 Å². The molecular weight excluding hydrogens is 459 g/mol. The number of amides is 1. The molecule has 0 unspecified atom stereocenters. The molecular formula is C19H29IN4OS. The number of guanidine groups is 1. The number of aliphatic imine (C=N–C) groups is 1. The predicted octanol–water partition coefficient (Wildman–Crippen LogP) is 3.13. The minimum absolute atomic E-state index is 0. The zero-order valence-corrected chi connectivity index (χ0v) is 18.9. The molecule has 2 N–H and O–H groups in total. The first-order valence-corrected chi connectivity index (χ1v) is 9.33. The van der Waals surface area contributed by atoms with Gasteiger partial charge >= 0.3 is 0 Å². The van der Waals surface area contributed by atoms with Crippen LogP contribution in [0.2, 0.25) is 0 Å². The fourth-order valence-electron chi connectivity index (χ4n) is 2.13. The minimum atomic E-state index is -0.0174. The molecule has 1 aromatic carbocycles. The van der Waals surface area contributed by atoms with Gasteiger partial charge in [0.2, 0.25) is 5.91 Å². The Labute approximate surface area is 178 Å². The Morgan fingerprint density at radius 3 is 2.46 bits per heavy atom. The number of hydrogen-bond donors (Lipinski definition) is 2. The number of carbonyl (C=O) groups excluding carboxylic acids is 1. The first kappa shape index (κ1) is 22.8. The lowest BCUT2D eigenvalue weighted by Crippen LogP contribution is -2.42. The molecule has 1 saturated carbocycles. The Morgan fingerprint density at radius 1 is 1.27 bits per heavy atom. The van der Waals surface area contributed by atoms with E-state index in [2.05, 4.69) is 46.5 Å². The highest BCUT2D eigenvalue weighted by Gasteiger charge is 2.43. The van der Waals surface area contributed by atoms with Gasteiger partial charge < -0.3 is 15.5 Å². The Morgan fingerprint density at radius 2 is 1.92 bits per heavy atom. The smallest absolute Gasteiger partial charge is 0.243 e. The number of halogens is 1. The predicted molar refractivity (Wildman–Crippen MR) is 121 cm³/mol. The van der Waals surface area contributed by atoms with Crippen molar-refractivity contribution in [3.05, 3.63) is 42.5 Å². The number of carbonyl (C=O) groups is 1. The molecule has 1 aromatic rings. The number of likely N-dealkylation sites (N-methyl/N-ethyl adjacent to an activating group) is 1. The molecule has 0 aromatic heterocycles.